The summed E-state index contributed by atoms with van der Waals surface area (Å²) >= 11 is 0. The first-order valence-electron chi connectivity index (χ1n) is 7.16. The zero-order valence-electron chi connectivity index (χ0n) is 12.6. The lowest BCUT2D eigenvalue weighted by Crippen LogP contribution is -2.15. The van der Waals surface area contributed by atoms with Crippen molar-refractivity contribution in [3.05, 3.63) is 53.6 Å². The van der Waals surface area contributed by atoms with Gasteiger partial charge in [-0.15, -0.1) is 0 Å². The third-order valence-electron chi connectivity index (χ3n) is 3.46. The number of ether oxygens (including phenoxy) is 3. The second-order valence-corrected chi connectivity index (χ2v) is 4.99. The van der Waals surface area contributed by atoms with E-state index in [0.717, 1.165) is 5.56 Å². The Morgan fingerprint density at radius 3 is 2.70 bits per heavy atom. The van der Waals surface area contributed by atoms with E-state index in [4.69, 9.17) is 14.2 Å². The molecule has 1 aliphatic heterocycles. The van der Waals surface area contributed by atoms with Gasteiger partial charge in [-0.25, -0.2) is 0 Å². The van der Waals surface area contributed by atoms with Gasteiger partial charge in [-0.1, -0.05) is 12.1 Å². The van der Waals surface area contributed by atoms with Gasteiger partial charge in [-0.3, -0.25) is 4.79 Å². The number of carbonyl (C=O) groups is 1. The highest BCUT2D eigenvalue weighted by Gasteiger charge is 2.11. The van der Waals surface area contributed by atoms with Crippen LogP contribution in [0.1, 0.15) is 15.9 Å². The summed E-state index contributed by atoms with van der Waals surface area (Å²) in [5, 5.41) is 9.56. The zero-order valence-corrected chi connectivity index (χ0v) is 12.6. The summed E-state index contributed by atoms with van der Waals surface area (Å²) < 4.78 is 16.0. The minimum Gasteiger partial charge on any atom is -0.504 e. The van der Waals surface area contributed by atoms with Crippen LogP contribution in [0.5, 0.6) is 23.0 Å². The van der Waals surface area contributed by atoms with Crippen molar-refractivity contribution in [2.24, 2.45) is 0 Å². The van der Waals surface area contributed by atoms with Crippen molar-refractivity contribution in [1.29, 1.82) is 0 Å². The van der Waals surface area contributed by atoms with E-state index in [-0.39, 0.29) is 17.3 Å². The summed E-state index contributed by atoms with van der Waals surface area (Å²) in [6.45, 7) is 1.07. The first kappa shape index (κ1) is 15.0. The summed E-state index contributed by atoms with van der Waals surface area (Å²) in [6, 6.07) is 10.00. The van der Waals surface area contributed by atoms with Gasteiger partial charge in [-0.2, -0.15) is 0 Å². The zero-order chi connectivity index (χ0) is 16.2. The number of benzene rings is 2. The smallest absolute Gasteiger partial charge is 0.185 e. The molecule has 1 aliphatic rings. The standard InChI is InChI=1S/C18H16O5/c1-21-17-11-13(4-6-15(17)20)14(19)5-2-12-3-7-16-18(10-12)23-9-8-22-16/h2-7,10-11,20H,8-9H2,1H3/b5-2+. The molecule has 3 rings (SSSR count). The van der Waals surface area contributed by atoms with Gasteiger partial charge in [0.05, 0.1) is 7.11 Å². The van der Waals surface area contributed by atoms with Gasteiger partial charge in [0.25, 0.3) is 0 Å². The van der Waals surface area contributed by atoms with Crippen LogP contribution in [0.2, 0.25) is 0 Å². The van der Waals surface area contributed by atoms with Crippen LogP contribution in [-0.2, 0) is 0 Å². The van der Waals surface area contributed by atoms with Crippen molar-refractivity contribution in [2.45, 2.75) is 0 Å². The molecular weight excluding hydrogens is 296 g/mol. The van der Waals surface area contributed by atoms with E-state index in [9.17, 15) is 9.90 Å². The van der Waals surface area contributed by atoms with Crippen molar-refractivity contribution in [3.63, 3.8) is 0 Å². The second-order valence-electron chi connectivity index (χ2n) is 4.99. The molecule has 0 bridgehead atoms. The summed E-state index contributed by atoms with van der Waals surface area (Å²) in [5.41, 5.74) is 1.28. The van der Waals surface area contributed by atoms with Gasteiger partial charge in [0, 0.05) is 5.56 Å². The van der Waals surface area contributed by atoms with Crippen LogP contribution in [0.3, 0.4) is 0 Å². The lowest BCUT2D eigenvalue weighted by molar-refractivity contribution is 0.104. The van der Waals surface area contributed by atoms with Gasteiger partial charge in [0.2, 0.25) is 0 Å². The Labute approximate surface area is 133 Å². The van der Waals surface area contributed by atoms with Crippen LogP contribution >= 0.6 is 0 Å². The van der Waals surface area contributed by atoms with Crippen molar-refractivity contribution in [2.75, 3.05) is 20.3 Å². The van der Waals surface area contributed by atoms with Crippen LogP contribution in [0.15, 0.2) is 42.5 Å². The van der Waals surface area contributed by atoms with E-state index in [0.29, 0.717) is 30.3 Å². The number of fused-ring (bicyclic) bond motifs is 1. The molecule has 0 spiro atoms. The fraction of sp³-hybridized carbons (Fsp3) is 0.167. The summed E-state index contributed by atoms with van der Waals surface area (Å²) in [6.07, 6.45) is 3.18. The maximum absolute atomic E-state index is 12.2. The Kier molecular flexibility index (Phi) is 4.19. The number of rotatable bonds is 4. The summed E-state index contributed by atoms with van der Waals surface area (Å²) in [7, 11) is 1.44. The maximum atomic E-state index is 12.2. The van der Waals surface area contributed by atoms with Gasteiger partial charge >= 0.3 is 0 Å². The Bertz CT molecular complexity index is 764. The Hall–Kier alpha value is -2.95. The fourth-order valence-electron chi connectivity index (χ4n) is 2.26. The third-order valence-corrected chi connectivity index (χ3v) is 3.46. The highest BCUT2D eigenvalue weighted by Crippen LogP contribution is 2.31. The van der Waals surface area contributed by atoms with Gasteiger partial charge in [0.15, 0.2) is 28.8 Å². The molecule has 2 aromatic carbocycles. The van der Waals surface area contributed by atoms with Crippen LogP contribution in [0.25, 0.3) is 6.08 Å². The molecule has 0 aromatic heterocycles. The molecule has 0 amide bonds. The number of allylic oxidation sites excluding steroid dienone is 1. The van der Waals surface area contributed by atoms with Crippen LogP contribution in [0.4, 0.5) is 0 Å². The molecule has 0 radical (unpaired) electrons. The van der Waals surface area contributed by atoms with E-state index < -0.39 is 0 Å². The highest BCUT2D eigenvalue weighted by molar-refractivity contribution is 6.07. The van der Waals surface area contributed by atoms with Crippen molar-refractivity contribution >= 4 is 11.9 Å². The number of hydrogen-bond donors (Lipinski definition) is 1. The predicted molar refractivity (Wildman–Crippen MR) is 85.5 cm³/mol. The molecule has 118 valence electrons. The topological polar surface area (TPSA) is 65.0 Å². The average molecular weight is 312 g/mol. The Morgan fingerprint density at radius 1 is 1.13 bits per heavy atom. The summed E-state index contributed by atoms with van der Waals surface area (Å²) in [5.74, 6) is 1.47. The van der Waals surface area contributed by atoms with Crippen LogP contribution in [0, 0.1) is 0 Å². The van der Waals surface area contributed by atoms with Crippen LogP contribution < -0.4 is 14.2 Å². The molecule has 5 nitrogen and oxygen atoms in total. The molecule has 0 aliphatic carbocycles. The first-order chi connectivity index (χ1) is 11.2. The van der Waals surface area contributed by atoms with Gasteiger partial charge < -0.3 is 19.3 Å². The van der Waals surface area contributed by atoms with Gasteiger partial charge in [0.1, 0.15) is 13.2 Å². The molecule has 0 fully saturated rings. The van der Waals surface area contributed by atoms with Crippen molar-refractivity contribution < 1.29 is 24.1 Å². The average Bonchev–Trinajstić information content (AvgIpc) is 2.60. The SMILES string of the molecule is COc1cc(C(=O)/C=C/c2ccc3c(c2)OCCO3)ccc1O. The molecule has 1 N–H and O–H groups in total. The monoisotopic (exact) mass is 312 g/mol. The first-order valence-corrected chi connectivity index (χ1v) is 7.16. The normalized spacial score (nSPS) is 13.1. The number of hydrogen-bond acceptors (Lipinski definition) is 5. The number of aromatic hydroxyl groups is 1. The van der Waals surface area contributed by atoms with Crippen LogP contribution in [-0.4, -0.2) is 31.2 Å². The van der Waals surface area contributed by atoms with E-state index >= 15 is 0 Å². The molecule has 0 unspecified atom stereocenters. The van der Waals surface area contributed by atoms with Gasteiger partial charge in [-0.05, 0) is 42.0 Å². The molecule has 5 heteroatoms. The third kappa shape index (κ3) is 3.29. The number of phenols is 1. The molecule has 23 heavy (non-hydrogen) atoms. The highest BCUT2D eigenvalue weighted by atomic mass is 16.6. The number of carbonyl (C=O) groups excluding carboxylic acids is 1. The predicted octanol–water partition coefficient (Wildman–Crippen LogP) is 3.07. The molecule has 0 atom stereocenters. The van der Waals surface area contributed by atoms with E-state index in [1.807, 2.05) is 18.2 Å². The summed E-state index contributed by atoms with van der Waals surface area (Å²) in [4.78, 5) is 12.2. The lowest BCUT2D eigenvalue weighted by atomic mass is 10.1. The van der Waals surface area contributed by atoms with E-state index in [1.54, 1.807) is 12.1 Å². The van der Waals surface area contributed by atoms with Crippen molar-refractivity contribution in [3.8, 4) is 23.0 Å². The maximum Gasteiger partial charge on any atom is 0.185 e. The largest absolute Gasteiger partial charge is 0.504 e. The molecule has 2 aromatic rings. The quantitative estimate of drug-likeness (QED) is 0.694. The minimum atomic E-state index is -0.182. The Morgan fingerprint density at radius 2 is 1.91 bits per heavy atom. The second kappa shape index (κ2) is 6.44. The van der Waals surface area contributed by atoms with E-state index in [2.05, 4.69) is 0 Å². The number of phenolic OH excluding ortho intramolecular Hbond substituents is 1. The molecule has 0 saturated heterocycles. The van der Waals surface area contributed by atoms with Crippen molar-refractivity contribution in [1.82, 2.24) is 0 Å². The number of ketones is 1. The lowest BCUT2D eigenvalue weighted by Gasteiger charge is -2.18. The molecule has 1 heterocycles. The fourth-order valence-corrected chi connectivity index (χ4v) is 2.26. The Balaban J connectivity index is 1.78. The minimum absolute atomic E-state index is 0.000124. The molecular formula is C18H16O5. The molecule has 0 saturated carbocycles. The van der Waals surface area contributed by atoms with E-state index in [1.165, 1.54) is 25.3 Å². The number of methoxy groups -OCH3 is 1.